The van der Waals surface area contributed by atoms with Gasteiger partial charge >= 0.3 is 0 Å². The SMILES string of the molecule is CCN=C(NC1CN(C(C)C)CC1C)NC1CC1c1ccccc1F.I. The molecule has 0 spiro atoms. The number of likely N-dealkylation sites (tertiary alicyclic amines) is 1. The maximum atomic E-state index is 14.0. The number of hydrogen-bond donors (Lipinski definition) is 2. The van der Waals surface area contributed by atoms with Crippen molar-refractivity contribution in [1.29, 1.82) is 0 Å². The Kier molecular flexibility index (Phi) is 7.70. The number of guanidine groups is 1. The molecule has 2 fully saturated rings. The minimum Gasteiger partial charge on any atom is -0.353 e. The van der Waals surface area contributed by atoms with Crippen LogP contribution in [0.5, 0.6) is 0 Å². The van der Waals surface area contributed by atoms with E-state index in [1.54, 1.807) is 12.1 Å². The average molecular weight is 474 g/mol. The summed E-state index contributed by atoms with van der Waals surface area (Å²) in [5.74, 6) is 1.61. The van der Waals surface area contributed by atoms with Crippen molar-refractivity contribution in [2.24, 2.45) is 10.9 Å². The fourth-order valence-corrected chi connectivity index (χ4v) is 3.73. The quantitative estimate of drug-likeness (QED) is 0.390. The first kappa shape index (κ1) is 21.4. The molecule has 0 aromatic heterocycles. The van der Waals surface area contributed by atoms with Crippen LogP contribution in [0.2, 0.25) is 0 Å². The van der Waals surface area contributed by atoms with Gasteiger partial charge in [-0.2, -0.15) is 0 Å². The zero-order valence-electron chi connectivity index (χ0n) is 16.2. The van der Waals surface area contributed by atoms with Gasteiger partial charge in [-0.1, -0.05) is 25.1 Å². The Hall–Kier alpha value is -0.890. The predicted molar refractivity (Wildman–Crippen MR) is 117 cm³/mol. The third-order valence-corrected chi connectivity index (χ3v) is 5.43. The number of aliphatic imine (C=N–C) groups is 1. The lowest BCUT2D eigenvalue weighted by Gasteiger charge is -2.22. The topological polar surface area (TPSA) is 39.7 Å². The molecule has 2 N–H and O–H groups in total. The van der Waals surface area contributed by atoms with Gasteiger partial charge in [0.2, 0.25) is 0 Å². The summed E-state index contributed by atoms with van der Waals surface area (Å²) in [6.07, 6.45) is 0.962. The monoisotopic (exact) mass is 474 g/mol. The number of benzene rings is 1. The van der Waals surface area contributed by atoms with Crippen molar-refractivity contribution >= 4 is 29.9 Å². The third kappa shape index (κ3) is 5.09. The zero-order valence-corrected chi connectivity index (χ0v) is 18.5. The largest absolute Gasteiger partial charge is 0.353 e. The first-order valence-corrected chi connectivity index (χ1v) is 9.55. The van der Waals surface area contributed by atoms with Crippen LogP contribution in [0.4, 0.5) is 4.39 Å². The molecule has 0 radical (unpaired) electrons. The number of nitrogens with one attached hydrogen (secondary N) is 2. The summed E-state index contributed by atoms with van der Waals surface area (Å²) < 4.78 is 14.0. The van der Waals surface area contributed by atoms with Crippen molar-refractivity contribution in [3.63, 3.8) is 0 Å². The van der Waals surface area contributed by atoms with E-state index in [-0.39, 0.29) is 41.8 Å². The van der Waals surface area contributed by atoms with Gasteiger partial charge in [0.05, 0.1) is 0 Å². The summed E-state index contributed by atoms with van der Waals surface area (Å²) in [5, 5.41) is 7.13. The van der Waals surface area contributed by atoms with E-state index in [2.05, 4.69) is 41.3 Å². The van der Waals surface area contributed by atoms with Gasteiger partial charge in [-0.15, -0.1) is 24.0 Å². The van der Waals surface area contributed by atoms with E-state index in [0.29, 0.717) is 18.0 Å². The number of halogens is 2. The van der Waals surface area contributed by atoms with Crippen LogP contribution in [0.15, 0.2) is 29.3 Å². The molecule has 4 atom stereocenters. The molecule has 1 aliphatic carbocycles. The van der Waals surface area contributed by atoms with Gasteiger partial charge in [-0.05, 0) is 44.7 Å². The van der Waals surface area contributed by atoms with Crippen LogP contribution in [0.25, 0.3) is 0 Å². The van der Waals surface area contributed by atoms with E-state index < -0.39 is 0 Å². The molecule has 1 heterocycles. The Morgan fingerprint density at radius 1 is 1.23 bits per heavy atom. The second-order valence-electron chi connectivity index (χ2n) is 7.71. The molecular weight excluding hydrogens is 442 g/mol. The molecule has 1 aromatic carbocycles. The van der Waals surface area contributed by atoms with Crippen LogP contribution < -0.4 is 10.6 Å². The van der Waals surface area contributed by atoms with Gasteiger partial charge in [0.1, 0.15) is 5.82 Å². The molecule has 146 valence electrons. The third-order valence-electron chi connectivity index (χ3n) is 5.43. The van der Waals surface area contributed by atoms with E-state index in [1.807, 2.05) is 19.1 Å². The van der Waals surface area contributed by atoms with E-state index >= 15 is 0 Å². The van der Waals surface area contributed by atoms with E-state index in [9.17, 15) is 4.39 Å². The first-order chi connectivity index (χ1) is 12.0. The summed E-state index contributed by atoms with van der Waals surface area (Å²) in [6.45, 7) is 11.7. The van der Waals surface area contributed by atoms with Crippen LogP contribution in [-0.4, -0.2) is 48.6 Å². The molecule has 3 rings (SSSR count). The van der Waals surface area contributed by atoms with Crippen LogP contribution in [0.3, 0.4) is 0 Å². The van der Waals surface area contributed by atoms with Crippen molar-refractivity contribution in [1.82, 2.24) is 15.5 Å². The van der Waals surface area contributed by atoms with Crippen LogP contribution in [-0.2, 0) is 0 Å². The molecule has 1 saturated carbocycles. The number of rotatable bonds is 5. The van der Waals surface area contributed by atoms with Gasteiger partial charge < -0.3 is 10.6 Å². The fraction of sp³-hybridized carbons (Fsp3) is 0.650. The number of hydrogen-bond acceptors (Lipinski definition) is 2. The van der Waals surface area contributed by atoms with E-state index in [4.69, 9.17) is 0 Å². The lowest BCUT2D eigenvalue weighted by molar-refractivity contribution is 0.265. The van der Waals surface area contributed by atoms with Gasteiger partial charge in [0.25, 0.3) is 0 Å². The smallest absolute Gasteiger partial charge is 0.191 e. The minimum absolute atomic E-state index is 0. The van der Waals surface area contributed by atoms with Crippen molar-refractivity contribution in [3.05, 3.63) is 35.6 Å². The molecule has 4 unspecified atom stereocenters. The van der Waals surface area contributed by atoms with Crippen molar-refractivity contribution < 1.29 is 4.39 Å². The van der Waals surface area contributed by atoms with Crippen LogP contribution >= 0.6 is 24.0 Å². The van der Waals surface area contributed by atoms with Gasteiger partial charge in [0, 0.05) is 43.7 Å². The molecule has 0 amide bonds. The summed E-state index contributed by atoms with van der Waals surface area (Å²) in [5.41, 5.74) is 0.816. The zero-order chi connectivity index (χ0) is 18.0. The lowest BCUT2D eigenvalue weighted by atomic mass is 10.1. The van der Waals surface area contributed by atoms with Gasteiger partial charge in [-0.25, -0.2) is 4.39 Å². The maximum Gasteiger partial charge on any atom is 0.191 e. The van der Waals surface area contributed by atoms with E-state index in [0.717, 1.165) is 37.6 Å². The molecule has 0 bridgehead atoms. The van der Waals surface area contributed by atoms with Gasteiger partial charge in [0.15, 0.2) is 5.96 Å². The Bertz CT molecular complexity index is 622. The van der Waals surface area contributed by atoms with Gasteiger partial charge in [-0.3, -0.25) is 9.89 Å². The predicted octanol–water partition coefficient (Wildman–Crippen LogP) is 3.58. The molecule has 1 saturated heterocycles. The van der Waals surface area contributed by atoms with Crippen LogP contribution in [0, 0.1) is 11.7 Å². The summed E-state index contributed by atoms with van der Waals surface area (Å²) in [6, 6.07) is 8.35. The van der Waals surface area contributed by atoms with Crippen molar-refractivity contribution in [2.75, 3.05) is 19.6 Å². The molecule has 1 aromatic rings. The fourth-order valence-electron chi connectivity index (χ4n) is 3.73. The highest BCUT2D eigenvalue weighted by molar-refractivity contribution is 14.0. The first-order valence-electron chi connectivity index (χ1n) is 9.55. The Labute approximate surface area is 174 Å². The Morgan fingerprint density at radius 2 is 1.92 bits per heavy atom. The summed E-state index contributed by atoms with van der Waals surface area (Å²) in [7, 11) is 0. The Morgan fingerprint density at radius 3 is 2.54 bits per heavy atom. The molecule has 26 heavy (non-hydrogen) atoms. The summed E-state index contributed by atoms with van der Waals surface area (Å²) in [4.78, 5) is 7.11. The Balaban J connectivity index is 0.00000243. The highest BCUT2D eigenvalue weighted by Crippen LogP contribution is 2.41. The minimum atomic E-state index is -0.101. The molecular formula is C20H32FIN4. The lowest BCUT2D eigenvalue weighted by Crippen LogP contribution is -2.47. The number of nitrogens with zero attached hydrogens (tertiary/aromatic N) is 2. The average Bonchev–Trinajstić information content (AvgIpc) is 3.22. The second kappa shape index (κ2) is 9.35. The van der Waals surface area contributed by atoms with Crippen molar-refractivity contribution in [3.8, 4) is 0 Å². The normalized spacial score (nSPS) is 28.8. The molecule has 1 aliphatic heterocycles. The van der Waals surface area contributed by atoms with Crippen LogP contribution in [0.1, 0.15) is 45.6 Å². The second-order valence-corrected chi connectivity index (χ2v) is 7.71. The highest BCUT2D eigenvalue weighted by atomic mass is 127. The van der Waals surface area contributed by atoms with E-state index in [1.165, 1.54) is 0 Å². The molecule has 6 heteroatoms. The maximum absolute atomic E-state index is 14.0. The molecule has 2 aliphatic rings. The summed E-state index contributed by atoms with van der Waals surface area (Å²) >= 11 is 0. The highest BCUT2D eigenvalue weighted by Gasteiger charge is 2.41. The molecule has 4 nitrogen and oxygen atoms in total. The van der Waals surface area contributed by atoms with Crippen molar-refractivity contribution in [2.45, 2.75) is 58.2 Å². The standard InChI is InChI=1S/C20H31FN4.HI/c1-5-22-20(24-19-12-25(13(2)3)11-14(19)4)23-18-10-16(18)15-8-6-7-9-17(15)21;/h6-9,13-14,16,18-19H,5,10-12H2,1-4H3,(H2,22,23,24);1H.